The minimum absolute atomic E-state index is 0.0854. The molecule has 0 aliphatic heterocycles. The van der Waals surface area contributed by atoms with Crippen LogP contribution in [0.2, 0.25) is 0 Å². The molecular weight excluding hydrogens is 973 g/mol. The van der Waals surface area contributed by atoms with Crippen molar-refractivity contribution in [1.82, 2.24) is 0 Å². The Morgan fingerprint density at radius 3 is 0.785 bits per heavy atom. The Balaban J connectivity index is 4.30. The van der Waals surface area contributed by atoms with Crippen LogP contribution in [-0.4, -0.2) is 37.2 Å². The van der Waals surface area contributed by atoms with Gasteiger partial charge in [0.2, 0.25) is 0 Å². The zero-order valence-electron chi connectivity index (χ0n) is 52.4. The van der Waals surface area contributed by atoms with Crippen molar-refractivity contribution in [1.29, 1.82) is 0 Å². The van der Waals surface area contributed by atoms with Crippen LogP contribution in [0.25, 0.3) is 0 Å². The molecule has 0 amide bonds. The van der Waals surface area contributed by atoms with Crippen LogP contribution < -0.4 is 0 Å². The number of hydrogen-bond donors (Lipinski definition) is 0. The summed E-state index contributed by atoms with van der Waals surface area (Å²) < 4.78 is 16.9. The molecule has 1 unspecified atom stereocenters. The van der Waals surface area contributed by atoms with Gasteiger partial charge >= 0.3 is 17.9 Å². The molecule has 6 nitrogen and oxygen atoms in total. The molecular formula is C73H128O6. The fourth-order valence-corrected chi connectivity index (χ4v) is 9.76. The monoisotopic (exact) mass is 1100 g/mol. The van der Waals surface area contributed by atoms with Gasteiger partial charge in [0.1, 0.15) is 13.2 Å². The first-order chi connectivity index (χ1) is 39.0. The van der Waals surface area contributed by atoms with Crippen LogP contribution in [-0.2, 0) is 28.6 Å². The lowest BCUT2D eigenvalue weighted by molar-refractivity contribution is -0.167. The summed E-state index contributed by atoms with van der Waals surface area (Å²) in [7, 11) is 0. The van der Waals surface area contributed by atoms with Crippen molar-refractivity contribution >= 4 is 17.9 Å². The second kappa shape index (κ2) is 67.1. The second-order valence-electron chi connectivity index (χ2n) is 22.7. The first kappa shape index (κ1) is 75.6. The van der Waals surface area contributed by atoms with Crippen molar-refractivity contribution in [3.63, 3.8) is 0 Å². The van der Waals surface area contributed by atoms with Crippen molar-refractivity contribution < 1.29 is 28.6 Å². The summed E-state index contributed by atoms with van der Waals surface area (Å²) in [5.74, 6) is -0.904. The van der Waals surface area contributed by atoms with Gasteiger partial charge in [-0.05, 0) is 116 Å². The Bertz CT molecular complexity index is 1500. The zero-order chi connectivity index (χ0) is 57.1. The molecule has 0 saturated carbocycles. The normalized spacial score (nSPS) is 12.6. The van der Waals surface area contributed by atoms with Gasteiger partial charge in [0.05, 0.1) is 0 Å². The summed E-state index contributed by atoms with van der Waals surface area (Å²) in [6.07, 6.45) is 88.9. The maximum atomic E-state index is 12.9. The number of ether oxygens (including phenoxy) is 3. The van der Waals surface area contributed by atoms with Gasteiger partial charge in [0.15, 0.2) is 6.10 Å². The molecule has 1 atom stereocenters. The molecule has 0 aliphatic carbocycles. The first-order valence-corrected chi connectivity index (χ1v) is 34.1. The summed E-state index contributed by atoms with van der Waals surface area (Å²) in [6.45, 7) is 6.52. The molecule has 0 heterocycles. The molecule has 0 spiro atoms. The van der Waals surface area contributed by atoms with Crippen molar-refractivity contribution in [2.75, 3.05) is 13.2 Å². The molecule has 0 bridgehead atoms. The van der Waals surface area contributed by atoms with E-state index in [0.29, 0.717) is 19.3 Å². The molecule has 0 radical (unpaired) electrons. The number of allylic oxidation sites excluding steroid dienone is 14. The van der Waals surface area contributed by atoms with Gasteiger partial charge < -0.3 is 14.2 Å². The number of carbonyl (C=O) groups is 3. The van der Waals surface area contributed by atoms with E-state index in [2.05, 4.69) is 106 Å². The van der Waals surface area contributed by atoms with E-state index in [4.69, 9.17) is 14.2 Å². The summed E-state index contributed by atoms with van der Waals surface area (Å²) in [5.41, 5.74) is 0. The van der Waals surface area contributed by atoms with E-state index in [1.165, 1.54) is 205 Å². The maximum Gasteiger partial charge on any atom is 0.306 e. The van der Waals surface area contributed by atoms with Gasteiger partial charge in [-0.15, -0.1) is 0 Å². The van der Waals surface area contributed by atoms with Crippen LogP contribution in [0, 0.1) is 0 Å². The van der Waals surface area contributed by atoms with E-state index in [1.54, 1.807) is 0 Å². The zero-order valence-corrected chi connectivity index (χ0v) is 52.4. The van der Waals surface area contributed by atoms with E-state index < -0.39 is 6.10 Å². The highest BCUT2D eigenvalue weighted by Crippen LogP contribution is 2.17. The molecule has 0 aliphatic rings. The largest absolute Gasteiger partial charge is 0.462 e. The molecule has 79 heavy (non-hydrogen) atoms. The van der Waals surface area contributed by atoms with Gasteiger partial charge in [-0.1, -0.05) is 292 Å². The third-order valence-corrected chi connectivity index (χ3v) is 14.9. The Morgan fingerprint density at radius 1 is 0.266 bits per heavy atom. The van der Waals surface area contributed by atoms with E-state index in [1.807, 2.05) is 0 Å². The van der Waals surface area contributed by atoms with Gasteiger partial charge in [-0.25, -0.2) is 0 Å². The lowest BCUT2D eigenvalue weighted by Crippen LogP contribution is -2.30. The predicted octanol–water partition coefficient (Wildman–Crippen LogP) is 23.4. The fraction of sp³-hybridized carbons (Fsp3) is 0.767. The van der Waals surface area contributed by atoms with Crippen LogP contribution in [0.1, 0.15) is 342 Å². The van der Waals surface area contributed by atoms with E-state index in [9.17, 15) is 14.4 Å². The smallest absolute Gasteiger partial charge is 0.306 e. The number of rotatable bonds is 62. The van der Waals surface area contributed by atoms with Crippen molar-refractivity contribution in [3.05, 3.63) is 85.1 Å². The Hall–Kier alpha value is -3.41. The average molecular weight is 1100 g/mol. The highest BCUT2D eigenvalue weighted by Gasteiger charge is 2.19. The average Bonchev–Trinajstić information content (AvgIpc) is 3.45. The summed E-state index contributed by atoms with van der Waals surface area (Å²) >= 11 is 0. The lowest BCUT2D eigenvalue weighted by Gasteiger charge is -2.18. The molecule has 0 rings (SSSR count). The highest BCUT2D eigenvalue weighted by atomic mass is 16.6. The third-order valence-electron chi connectivity index (χ3n) is 14.9. The standard InChI is InChI=1S/C73H128O6/c1-4-7-10-13-16-19-22-25-27-29-31-33-35-36-38-39-41-43-45-48-51-54-57-60-63-66-72(75)78-69-70(68-77-71(74)65-62-59-56-53-50-47-24-21-18-15-12-9-6-3)79-73(76)67-64-61-58-55-52-49-46-44-42-40-37-34-32-30-28-26-23-20-17-14-11-8-5-2/h9,12,18,21-23,25-26,29-32,47,50,70H,4-8,10-11,13-17,19-20,24,27-28,33-46,48-49,51-69H2,1-3H3/b12-9-,21-18-,25-22-,26-23-,31-29-,32-30-,50-47-. The van der Waals surface area contributed by atoms with Gasteiger partial charge in [-0.3, -0.25) is 14.4 Å². The van der Waals surface area contributed by atoms with Crippen molar-refractivity contribution in [3.8, 4) is 0 Å². The SMILES string of the molecule is CC/C=C\C/C=C\C/C=C\CCCCCC(=O)OCC(COC(=O)CCCCCCCCCCCCCCC/C=C\C/C=C\CCCCCCC)OC(=O)CCCCCCCCCCCCC/C=C\C/C=C\CCCCCCC. The minimum atomic E-state index is -0.791. The Kier molecular flexibility index (Phi) is 64.2. The fourth-order valence-electron chi connectivity index (χ4n) is 9.76. The molecule has 0 saturated heterocycles. The summed E-state index contributed by atoms with van der Waals surface area (Å²) in [6, 6.07) is 0. The van der Waals surface area contributed by atoms with Crippen molar-refractivity contribution in [2.24, 2.45) is 0 Å². The van der Waals surface area contributed by atoms with Crippen molar-refractivity contribution in [2.45, 2.75) is 348 Å². The van der Waals surface area contributed by atoms with E-state index in [-0.39, 0.29) is 31.1 Å². The van der Waals surface area contributed by atoms with Gasteiger partial charge in [-0.2, -0.15) is 0 Å². The number of esters is 3. The van der Waals surface area contributed by atoms with Crippen LogP contribution in [0.4, 0.5) is 0 Å². The molecule has 6 heteroatoms. The van der Waals surface area contributed by atoms with E-state index >= 15 is 0 Å². The van der Waals surface area contributed by atoms with Crippen LogP contribution in [0.5, 0.6) is 0 Å². The minimum Gasteiger partial charge on any atom is -0.462 e. The Labute approximate surface area is 490 Å². The quantitative estimate of drug-likeness (QED) is 0.0261. The maximum absolute atomic E-state index is 12.9. The van der Waals surface area contributed by atoms with Crippen LogP contribution in [0.3, 0.4) is 0 Å². The number of carbonyl (C=O) groups excluding carboxylic acids is 3. The van der Waals surface area contributed by atoms with Crippen LogP contribution in [0.15, 0.2) is 85.1 Å². The molecule has 0 fully saturated rings. The topological polar surface area (TPSA) is 78.9 Å². The van der Waals surface area contributed by atoms with Gasteiger partial charge in [0.25, 0.3) is 0 Å². The highest BCUT2D eigenvalue weighted by molar-refractivity contribution is 5.71. The third kappa shape index (κ3) is 65.3. The molecule has 0 aromatic rings. The lowest BCUT2D eigenvalue weighted by atomic mass is 10.0. The summed E-state index contributed by atoms with van der Waals surface area (Å²) in [4.78, 5) is 38.4. The number of hydrogen-bond acceptors (Lipinski definition) is 6. The molecule has 456 valence electrons. The first-order valence-electron chi connectivity index (χ1n) is 34.1. The Morgan fingerprint density at radius 2 is 0.494 bits per heavy atom. The molecule has 0 aromatic carbocycles. The summed E-state index contributed by atoms with van der Waals surface area (Å²) in [5, 5.41) is 0. The molecule has 0 aromatic heterocycles. The predicted molar refractivity (Wildman–Crippen MR) is 344 cm³/mol. The van der Waals surface area contributed by atoms with E-state index in [0.717, 1.165) is 96.3 Å². The number of unbranched alkanes of at least 4 members (excludes halogenated alkanes) is 37. The van der Waals surface area contributed by atoms with Gasteiger partial charge in [0, 0.05) is 19.3 Å². The second-order valence-corrected chi connectivity index (χ2v) is 22.7. The molecule has 0 N–H and O–H groups in total. The van der Waals surface area contributed by atoms with Crippen LogP contribution >= 0.6 is 0 Å².